The standard InChI is InChI=1S/C34H40N4O6/c1-3-44-34(43)30(22-25-12-8-5-9-13-25)38-19-18-37(29(33(38)42)21-24-10-6-4-7-11-24)32(41)23(2)36-31(40)28(35)20-26-14-16-27(39)17-15-26/h4-17,23,28-30,39H,3,18-22,35H2,1-2H3,(H,36,40)/t23-,28+,29-,30-/m1/s1. The van der Waals surface area contributed by atoms with Crippen LogP contribution in [0, 0.1) is 0 Å². The molecule has 10 nitrogen and oxygen atoms in total. The number of hydrogen-bond donors (Lipinski definition) is 3. The number of nitrogens with one attached hydrogen (secondary N) is 1. The molecule has 3 aromatic rings. The SMILES string of the molecule is CCOC(=O)[C@@H](Cc1ccccc1)N1CCN(C(=O)[C@@H](C)NC(=O)[C@@H](N)Cc2ccc(O)cc2)[C@H](Cc2ccccc2)C1=O. The zero-order chi connectivity index (χ0) is 31.6. The first-order valence-electron chi connectivity index (χ1n) is 14.9. The lowest BCUT2D eigenvalue weighted by molar-refractivity contribution is -0.163. The van der Waals surface area contributed by atoms with Crippen molar-refractivity contribution in [1.29, 1.82) is 0 Å². The second-order valence-electron chi connectivity index (χ2n) is 10.9. The smallest absolute Gasteiger partial charge is 0.329 e. The van der Waals surface area contributed by atoms with Crippen LogP contribution in [0.5, 0.6) is 5.75 Å². The van der Waals surface area contributed by atoms with E-state index in [-0.39, 0.29) is 50.6 Å². The summed E-state index contributed by atoms with van der Waals surface area (Å²) in [5.74, 6) is -1.66. The summed E-state index contributed by atoms with van der Waals surface area (Å²) in [6.07, 6.45) is 0.740. The number of ether oxygens (including phenoxy) is 1. The van der Waals surface area contributed by atoms with Crippen molar-refractivity contribution < 1.29 is 29.0 Å². The van der Waals surface area contributed by atoms with Gasteiger partial charge in [0.25, 0.3) is 0 Å². The molecule has 0 aliphatic carbocycles. The number of rotatable bonds is 12. The molecule has 3 aromatic carbocycles. The van der Waals surface area contributed by atoms with Crippen molar-refractivity contribution in [2.24, 2.45) is 5.73 Å². The Labute approximate surface area is 257 Å². The van der Waals surface area contributed by atoms with E-state index >= 15 is 0 Å². The summed E-state index contributed by atoms with van der Waals surface area (Å²) in [5.41, 5.74) is 8.64. The van der Waals surface area contributed by atoms with Gasteiger partial charge in [0, 0.05) is 25.9 Å². The maximum absolute atomic E-state index is 14.2. The molecule has 1 saturated heterocycles. The molecule has 1 aliphatic heterocycles. The molecule has 232 valence electrons. The van der Waals surface area contributed by atoms with Crippen LogP contribution in [0.2, 0.25) is 0 Å². The average Bonchev–Trinajstić information content (AvgIpc) is 3.03. The summed E-state index contributed by atoms with van der Waals surface area (Å²) in [6.45, 7) is 3.78. The molecule has 0 spiro atoms. The van der Waals surface area contributed by atoms with E-state index in [0.29, 0.717) is 0 Å². The normalized spacial score (nSPS) is 17.0. The van der Waals surface area contributed by atoms with Gasteiger partial charge in [-0.1, -0.05) is 72.8 Å². The van der Waals surface area contributed by atoms with Crippen LogP contribution >= 0.6 is 0 Å². The van der Waals surface area contributed by atoms with Gasteiger partial charge >= 0.3 is 5.97 Å². The Bertz CT molecular complexity index is 1420. The van der Waals surface area contributed by atoms with Gasteiger partial charge in [-0.25, -0.2) is 4.79 Å². The van der Waals surface area contributed by atoms with Crippen molar-refractivity contribution in [2.45, 2.75) is 57.3 Å². The highest BCUT2D eigenvalue weighted by Crippen LogP contribution is 2.22. The monoisotopic (exact) mass is 600 g/mol. The third-order valence-corrected chi connectivity index (χ3v) is 7.75. The van der Waals surface area contributed by atoms with Gasteiger partial charge in [0.2, 0.25) is 17.7 Å². The third-order valence-electron chi connectivity index (χ3n) is 7.75. The van der Waals surface area contributed by atoms with Crippen molar-refractivity contribution in [2.75, 3.05) is 19.7 Å². The Hall–Kier alpha value is -4.70. The van der Waals surface area contributed by atoms with Gasteiger partial charge in [-0.15, -0.1) is 0 Å². The maximum Gasteiger partial charge on any atom is 0.329 e. The van der Waals surface area contributed by atoms with Crippen molar-refractivity contribution >= 4 is 23.7 Å². The quantitative estimate of drug-likeness (QED) is 0.271. The van der Waals surface area contributed by atoms with Crippen molar-refractivity contribution in [3.8, 4) is 5.75 Å². The lowest BCUT2D eigenvalue weighted by Gasteiger charge is -2.44. The Kier molecular flexibility index (Phi) is 11.1. The van der Waals surface area contributed by atoms with E-state index in [4.69, 9.17) is 10.5 Å². The molecule has 4 atom stereocenters. The van der Waals surface area contributed by atoms with Crippen molar-refractivity contribution in [1.82, 2.24) is 15.1 Å². The molecule has 44 heavy (non-hydrogen) atoms. The van der Waals surface area contributed by atoms with Crippen LogP contribution in [0.1, 0.15) is 30.5 Å². The number of esters is 1. The Balaban J connectivity index is 1.52. The third kappa shape index (κ3) is 8.23. The second-order valence-corrected chi connectivity index (χ2v) is 10.9. The summed E-state index contributed by atoms with van der Waals surface area (Å²) >= 11 is 0. The predicted molar refractivity (Wildman–Crippen MR) is 165 cm³/mol. The van der Waals surface area contributed by atoms with Gasteiger partial charge in [0.15, 0.2) is 0 Å². The maximum atomic E-state index is 14.2. The van der Waals surface area contributed by atoms with Crippen LogP contribution in [0.25, 0.3) is 0 Å². The summed E-state index contributed by atoms with van der Waals surface area (Å²) < 4.78 is 5.37. The van der Waals surface area contributed by atoms with Gasteiger partial charge in [0.1, 0.15) is 23.9 Å². The highest BCUT2D eigenvalue weighted by molar-refractivity contribution is 5.95. The van der Waals surface area contributed by atoms with E-state index in [1.54, 1.807) is 26.0 Å². The summed E-state index contributed by atoms with van der Waals surface area (Å²) in [6, 6.07) is 21.6. The molecular formula is C34H40N4O6. The van der Waals surface area contributed by atoms with Crippen LogP contribution in [0.15, 0.2) is 84.9 Å². The van der Waals surface area contributed by atoms with E-state index in [9.17, 15) is 24.3 Å². The van der Waals surface area contributed by atoms with Gasteiger partial charge in [0.05, 0.1) is 12.6 Å². The molecule has 0 bridgehead atoms. The van der Waals surface area contributed by atoms with E-state index in [2.05, 4.69) is 5.32 Å². The molecule has 0 radical (unpaired) electrons. The number of carbonyl (C=O) groups is 4. The number of nitrogens with two attached hydrogens (primary N) is 1. The minimum Gasteiger partial charge on any atom is -0.508 e. The number of phenolic OH excluding ortho intramolecular Hbond substituents is 1. The molecule has 1 heterocycles. The molecule has 4 N–H and O–H groups in total. The fraction of sp³-hybridized carbons (Fsp3) is 0.353. The Morgan fingerprint density at radius 1 is 0.909 bits per heavy atom. The van der Waals surface area contributed by atoms with Crippen LogP contribution in [-0.4, -0.2) is 82.5 Å². The number of amides is 3. The predicted octanol–water partition coefficient (Wildman–Crippen LogP) is 2.22. The Morgan fingerprint density at radius 2 is 1.50 bits per heavy atom. The largest absolute Gasteiger partial charge is 0.508 e. The fourth-order valence-electron chi connectivity index (χ4n) is 5.42. The van der Waals surface area contributed by atoms with E-state index in [0.717, 1.165) is 16.7 Å². The molecule has 1 aliphatic rings. The summed E-state index contributed by atoms with van der Waals surface area (Å²) in [7, 11) is 0. The second kappa shape index (κ2) is 15.2. The molecule has 10 heteroatoms. The van der Waals surface area contributed by atoms with E-state index in [1.807, 2.05) is 60.7 Å². The molecule has 1 fully saturated rings. The lowest BCUT2D eigenvalue weighted by Crippen LogP contribution is -2.65. The number of piperazine rings is 1. The first kappa shape index (κ1) is 32.2. The summed E-state index contributed by atoms with van der Waals surface area (Å²) in [5, 5.41) is 12.2. The van der Waals surface area contributed by atoms with Gasteiger partial charge in [-0.3, -0.25) is 14.4 Å². The van der Waals surface area contributed by atoms with Crippen LogP contribution in [0.4, 0.5) is 0 Å². The number of carbonyl (C=O) groups excluding carboxylic acids is 4. The number of aromatic hydroxyl groups is 1. The number of hydrogen-bond acceptors (Lipinski definition) is 7. The van der Waals surface area contributed by atoms with Crippen LogP contribution < -0.4 is 11.1 Å². The zero-order valence-corrected chi connectivity index (χ0v) is 25.1. The minimum atomic E-state index is -0.948. The van der Waals surface area contributed by atoms with Crippen LogP contribution in [0.3, 0.4) is 0 Å². The number of nitrogens with zero attached hydrogens (tertiary/aromatic N) is 2. The number of benzene rings is 3. The molecule has 3 amide bonds. The average molecular weight is 601 g/mol. The summed E-state index contributed by atoms with van der Waals surface area (Å²) in [4.78, 5) is 57.0. The zero-order valence-electron chi connectivity index (χ0n) is 25.1. The van der Waals surface area contributed by atoms with Gasteiger partial charge < -0.3 is 30.7 Å². The van der Waals surface area contributed by atoms with E-state index < -0.39 is 42.0 Å². The fourth-order valence-corrected chi connectivity index (χ4v) is 5.42. The Morgan fingerprint density at radius 3 is 2.11 bits per heavy atom. The highest BCUT2D eigenvalue weighted by atomic mass is 16.5. The van der Waals surface area contributed by atoms with Crippen molar-refractivity contribution in [3.05, 3.63) is 102 Å². The van der Waals surface area contributed by atoms with Crippen LogP contribution in [-0.2, 0) is 43.2 Å². The highest BCUT2D eigenvalue weighted by Gasteiger charge is 2.43. The topological polar surface area (TPSA) is 142 Å². The minimum absolute atomic E-state index is 0.110. The first-order chi connectivity index (χ1) is 21.2. The lowest BCUT2D eigenvalue weighted by atomic mass is 9.97. The van der Waals surface area contributed by atoms with E-state index in [1.165, 1.54) is 21.9 Å². The van der Waals surface area contributed by atoms with Gasteiger partial charge in [-0.05, 0) is 49.1 Å². The number of phenols is 1. The van der Waals surface area contributed by atoms with Gasteiger partial charge in [-0.2, -0.15) is 0 Å². The molecular weight excluding hydrogens is 560 g/mol. The molecule has 0 aromatic heterocycles. The first-order valence-corrected chi connectivity index (χ1v) is 14.9. The van der Waals surface area contributed by atoms with Crippen molar-refractivity contribution in [3.63, 3.8) is 0 Å². The molecule has 4 rings (SSSR count). The molecule has 0 saturated carbocycles. The molecule has 0 unspecified atom stereocenters.